The van der Waals surface area contributed by atoms with E-state index in [9.17, 15) is 54.6 Å². The molecular formula is C114H140N6O21+6. The largest absolute Gasteiger partial charge is 0.504 e. The number of piperidine rings is 6. The molecule has 6 aromatic rings. The van der Waals surface area contributed by atoms with Gasteiger partial charge in [-0.15, -0.1) is 0 Å². The summed E-state index contributed by atoms with van der Waals surface area (Å²) >= 11 is 0. The fourth-order valence-electron chi connectivity index (χ4n) is 35.4. The number of benzene rings is 6. The first-order valence-corrected chi connectivity index (χ1v) is 52.1. The lowest BCUT2D eigenvalue weighted by molar-refractivity contribution is -0.931. The number of esters is 2. The van der Waals surface area contributed by atoms with Crippen LogP contribution in [-0.2, 0) is 99.7 Å². The zero-order chi connectivity index (χ0) is 98.6. The number of phenols is 3. The Morgan fingerprint density at radius 3 is 1.16 bits per heavy atom. The van der Waals surface area contributed by atoms with Crippen molar-refractivity contribution < 1.29 is 129 Å². The van der Waals surface area contributed by atoms with E-state index in [0.29, 0.717) is 126 Å². The number of aliphatic hydroxyl groups excluding tert-OH is 2. The van der Waals surface area contributed by atoms with Gasteiger partial charge < -0.3 is 105 Å². The number of carbonyl (C=O) groups is 5. The van der Waals surface area contributed by atoms with Gasteiger partial charge in [-0.3, -0.25) is 24.0 Å². The van der Waals surface area contributed by atoms with Crippen LogP contribution in [-0.4, -0.2) is 322 Å². The minimum absolute atomic E-state index is 0.0541. The van der Waals surface area contributed by atoms with E-state index >= 15 is 0 Å². The van der Waals surface area contributed by atoms with Crippen LogP contribution < -0.4 is 42.6 Å². The summed E-state index contributed by atoms with van der Waals surface area (Å²) in [6.45, 7) is 9.14. The number of ketones is 3. The number of methoxy groups -OCH3 is 2. The van der Waals surface area contributed by atoms with Gasteiger partial charge in [0.2, 0.25) is 0 Å². The lowest BCUT2D eigenvalue weighted by atomic mass is 9.48. The summed E-state index contributed by atoms with van der Waals surface area (Å²) < 4.78 is 65.4. The number of carbonyl (C=O) groups excluding carboxylic acids is 5. The second kappa shape index (κ2) is 30.3. The third kappa shape index (κ3) is 11.9. The number of aromatic hydroxyl groups is 3. The number of phenolic OH excluding ortho intramolecular Hbond substituents is 3. The Labute approximate surface area is 825 Å². The molecule has 6 spiro atoms. The van der Waals surface area contributed by atoms with Crippen LogP contribution in [0, 0.1) is 29.6 Å². The highest BCUT2D eigenvalue weighted by Crippen LogP contribution is 2.72. The summed E-state index contributed by atoms with van der Waals surface area (Å²) in [5.74, 6) is 8.68. The maximum Gasteiger partial charge on any atom is 0.308 e. The van der Waals surface area contributed by atoms with Crippen molar-refractivity contribution >= 4 is 29.3 Å². The molecule has 6 saturated heterocycles. The Bertz CT molecular complexity index is 6500. The monoisotopic (exact) mass is 1930 g/mol. The average Bonchev–Trinajstić information content (AvgIpc) is 1.54. The smallest absolute Gasteiger partial charge is 0.308 e. The fraction of sp³-hybridized carbons (Fsp3) is 0.588. The Morgan fingerprint density at radius 1 is 0.355 bits per heavy atom. The van der Waals surface area contributed by atoms with Crippen molar-refractivity contribution in [3.05, 3.63) is 176 Å². The van der Waals surface area contributed by atoms with Crippen LogP contribution in [0.2, 0.25) is 0 Å². The Balaban J connectivity index is 0.0000000893. The molecule has 12 heterocycles. The number of quaternary nitrogens is 6. The summed E-state index contributed by atoms with van der Waals surface area (Å²) in [6.07, 6.45) is 24.8. The van der Waals surface area contributed by atoms with Gasteiger partial charge in [-0.1, -0.05) is 66.8 Å². The SMILES string of the molecule is CC(=O)Oc1ccc2c3c1OC1C(OC(C)=O)C=CC4C(C2)[N+](C)(C)CCC341.COc1ccc2c3c1OC1C(=O)CCC4C(C2)[N+](C)(C)CCC314.COc1ccc2c3c1OC1C(O)C=CC4C(C2)[N+](C)(C)CCC341.C[N+]1(C)CCC23c4c5ccc(O)c4OC2C(=O)CCC3(O)C1C5.C[N+]1(C)CCC23c4c5ccc(O)c4OC2C(=O)CCC3C1C5.C[N+]1(C)CCC23c4c5ccc(O)c4OC2C(O)C=CC3C1C5. The van der Waals surface area contributed by atoms with E-state index in [1.807, 2.05) is 42.5 Å². The topological polar surface area (TPSA) is 299 Å². The number of Topliss-reactive ketones (excluding diaryl/α,β-unsaturated/α-hetero) is 3. The molecule has 9 fully saturated rings. The quantitative estimate of drug-likeness (QED) is 0.0414. The molecule has 746 valence electrons. The van der Waals surface area contributed by atoms with Crippen molar-refractivity contribution in [3.63, 3.8) is 0 Å². The molecule has 27 atom stereocenters. The zero-order valence-corrected chi connectivity index (χ0v) is 84.4. The van der Waals surface area contributed by atoms with Crippen molar-refractivity contribution in [2.45, 2.75) is 259 Å². The van der Waals surface area contributed by atoms with Crippen molar-refractivity contribution in [1.82, 2.24) is 0 Å². The lowest BCUT2D eigenvalue weighted by Crippen LogP contribution is -2.79. The summed E-state index contributed by atoms with van der Waals surface area (Å²) in [7, 11) is 31.0. The van der Waals surface area contributed by atoms with Crippen LogP contribution in [0.15, 0.2) is 109 Å². The molecule has 24 aliphatic rings. The summed E-state index contributed by atoms with van der Waals surface area (Å²) in [5.41, 5.74) is 12.4. The lowest BCUT2D eigenvalue weighted by Gasteiger charge is -2.63. The van der Waals surface area contributed by atoms with Crippen molar-refractivity contribution in [2.75, 3.05) is 138 Å². The molecule has 0 aromatic heterocycles. The third-order valence-electron chi connectivity index (χ3n) is 42.0. The number of aliphatic hydroxyl groups is 3. The predicted octanol–water partition coefficient (Wildman–Crippen LogP) is 9.86. The zero-order valence-electron chi connectivity index (χ0n) is 84.4. The molecule has 27 unspecified atom stereocenters. The molecule has 0 radical (unpaired) electrons. The van der Waals surface area contributed by atoms with Crippen LogP contribution >= 0.6 is 0 Å². The van der Waals surface area contributed by atoms with E-state index in [1.165, 1.54) is 69.5 Å². The third-order valence-corrected chi connectivity index (χ3v) is 42.0. The van der Waals surface area contributed by atoms with Gasteiger partial charge in [0, 0.05) is 173 Å². The van der Waals surface area contributed by atoms with Crippen molar-refractivity contribution in [2.24, 2.45) is 29.6 Å². The van der Waals surface area contributed by atoms with Gasteiger partial charge in [0.05, 0.1) is 183 Å². The van der Waals surface area contributed by atoms with Gasteiger partial charge in [-0.25, -0.2) is 0 Å². The number of hydrogen-bond donors (Lipinski definition) is 6. The molecular weight excluding hydrogens is 1790 g/mol. The molecule has 12 aliphatic heterocycles. The predicted molar refractivity (Wildman–Crippen MR) is 519 cm³/mol. The fourth-order valence-corrected chi connectivity index (χ4v) is 35.4. The standard InChI is InChI=1S/C22H26NO5.2C19H24NO3.C18H21NO4.2C18H21NO3/c1-12(24)26-17-7-5-14-11-16-15-6-8-18(27-13(2)25)21-22(15,9-10-23(16,3)4)19(14)20(17)28-21;2*1-20(2)9-8-19-12-5-6-14(21)18(19)23-17-15(22-3)7-4-11(16(17)19)10-13(12)20;1-19(2)8-7-17-14-10-3-4-11(20)15(14)23-16(17)12(21)5-6-18(17,22)13(19)9-10;2*1-19(2)8-7-18-11-4-6-14(21)17(18)22-16-13(20)5-3-10(15(16)18)9-12(11)19/h5-8,15-16,18,21H,9-11H2,1-4H3;4,7,12-13,18H,5-6,8-10H2,1-3H3;4-7,12-14,18,21H,8-10H2,1-3H3;3-4,13,16,22H,5-9H2,1-2H3;3,5,11-12,17H,4,6-9H2,1-2H3;3-6,11-12,14,17,21H,7-9H2,1-2H3/q3*+1;;;/p+3. The van der Waals surface area contributed by atoms with Crippen LogP contribution in [0.5, 0.6) is 69.0 Å². The molecule has 12 bridgehead atoms. The number of hydrogen-bond acceptors (Lipinski definition) is 21. The van der Waals surface area contributed by atoms with Gasteiger partial charge in [0.1, 0.15) is 54.2 Å². The molecule has 6 aromatic carbocycles. The molecule has 30 rings (SSSR count). The number of likely N-dealkylation sites (tertiary alicyclic amines) is 6. The summed E-state index contributed by atoms with van der Waals surface area (Å²) in [6, 6.07) is 26.3. The first kappa shape index (κ1) is 92.1. The minimum atomic E-state index is -0.945. The van der Waals surface area contributed by atoms with Gasteiger partial charge in [0.25, 0.3) is 0 Å². The Kier molecular flexibility index (Phi) is 19.8. The van der Waals surface area contributed by atoms with Crippen LogP contribution in [0.3, 0.4) is 0 Å². The summed E-state index contributed by atoms with van der Waals surface area (Å²) in [4.78, 5) is 61.3. The van der Waals surface area contributed by atoms with Crippen LogP contribution in [0.1, 0.15) is 158 Å². The van der Waals surface area contributed by atoms with Gasteiger partial charge in [-0.05, 0) is 95.1 Å². The van der Waals surface area contributed by atoms with E-state index in [2.05, 4.69) is 133 Å². The molecule has 141 heavy (non-hydrogen) atoms. The summed E-state index contributed by atoms with van der Waals surface area (Å²) in [5, 5.41) is 63.7. The van der Waals surface area contributed by atoms with E-state index in [-0.39, 0.29) is 104 Å². The molecule has 3 saturated carbocycles. The highest BCUT2D eigenvalue weighted by atomic mass is 16.6. The average molecular weight is 1930 g/mol. The van der Waals surface area contributed by atoms with E-state index in [0.717, 1.165) is 184 Å². The first-order chi connectivity index (χ1) is 66.9. The number of ether oxygens (including phenoxy) is 10. The van der Waals surface area contributed by atoms with E-state index in [4.69, 9.17) is 47.4 Å². The van der Waals surface area contributed by atoms with Crippen LogP contribution in [0.4, 0.5) is 0 Å². The van der Waals surface area contributed by atoms with E-state index < -0.39 is 35.4 Å². The number of nitrogens with zero attached hydrogens (tertiary/aromatic N) is 6. The second-order valence-corrected chi connectivity index (χ2v) is 49.9. The van der Waals surface area contributed by atoms with Gasteiger partial charge in [0.15, 0.2) is 117 Å². The molecule has 12 aliphatic carbocycles. The second-order valence-electron chi connectivity index (χ2n) is 49.9. The molecule has 6 N–H and O–H groups in total. The molecule has 0 amide bonds. The highest BCUT2D eigenvalue weighted by Gasteiger charge is 2.79. The Morgan fingerprint density at radius 2 is 0.695 bits per heavy atom. The maximum absolute atomic E-state index is 12.7. The number of likely N-dealkylation sites (N-methyl/N-ethyl adjacent to an activating group) is 6. The van der Waals surface area contributed by atoms with Gasteiger partial charge >= 0.3 is 11.9 Å². The Hall–Kier alpha value is -10.1. The molecule has 27 nitrogen and oxygen atoms in total. The first-order valence-electron chi connectivity index (χ1n) is 52.1. The number of rotatable bonds is 4. The normalized spacial score (nSPS) is 39.9. The highest BCUT2D eigenvalue weighted by molar-refractivity contribution is 5.92. The van der Waals surface area contributed by atoms with Crippen LogP contribution in [0.25, 0.3) is 0 Å². The maximum atomic E-state index is 12.7. The van der Waals surface area contributed by atoms with E-state index in [1.54, 1.807) is 32.4 Å². The minimum Gasteiger partial charge on any atom is -0.504 e. The van der Waals surface area contributed by atoms with Crippen molar-refractivity contribution in [3.8, 4) is 69.0 Å². The molecule has 27 heteroatoms. The van der Waals surface area contributed by atoms with Gasteiger partial charge in [-0.2, -0.15) is 0 Å². The van der Waals surface area contributed by atoms with Crippen molar-refractivity contribution in [1.29, 1.82) is 0 Å².